The summed E-state index contributed by atoms with van der Waals surface area (Å²) in [7, 11) is 0. The Kier molecular flexibility index (Phi) is 6.01. The highest BCUT2D eigenvalue weighted by Crippen LogP contribution is 2.30. The number of hydrogen-bond donors (Lipinski definition) is 1. The van der Waals surface area contributed by atoms with Crippen LogP contribution in [0, 0.1) is 20.8 Å². The first-order chi connectivity index (χ1) is 13.0. The molecule has 1 amide bonds. The minimum atomic E-state index is 0.0431. The number of amides is 1. The Bertz CT molecular complexity index is 902. The molecule has 0 fully saturated rings. The van der Waals surface area contributed by atoms with Gasteiger partial charge < -0.3 is 5.32 Å². The predicted molar refractivity (Wildman–Crippen MR) is 107 cm³/mol. The third kappa shape index (κ3) is 4.82. The summed E-state index contributed by atoms with van der Waals surface area (Å²) in [6, 6.07) is 18.5. The summed E-state index contributed by atoms with van der Waals surface area (Å²) in [6.45, 7) is 7.05. The molecule has 1 heterocycles. The van der Waals surface area contributed by atoms with Gasteiger partial charge in [-0.05, 0) is 37.5 Å². The molecule has 140 valence electrons. The van der Waals surface area contributed by atoms with Crippen LogP contribution in [0.2, 0.25) is 0 Å². The molecule has 3 aromatic rings. The first kappa shape index (κ1) is 18.8. The fourth-order valence-corrected chi connectivity index (χ4v) is 3.40. The minimum Gasteiger partial charge on any atom is -0.354 e. The Morgan fingerprint density at radius 3 is 2.41 bits per heavy atom. The van der Waals surface area contributed by atoms with Gasteiger partial charge in [0.25, 0.3) is 0 Å². The first-order valence-electron chi connectivity index (χ1n) is 9.30. The van der Waals surface area contributed by atoms with Gasteiger partial charge in [-0.2, -0.15) is 5.10 Å². The second-order valence-corrected chi connectivity index (χ2v) is 6.80. The summed E-state index contributed by atoms with van der Waals surface area (Å²) in [5.41, 5.74) is 3.55. The zero-order chi connectivity index (χ0) is 19.2. The highest BCUT2D eigenvalue weighted by Gasteiger charge is 2.19. The van der Waals surface area contributed by atoms with Crippen molar-refractivity contribution in [3.05, 3.63) is 82.9 Å². The van der Waals surface area contributed by atoms with Crippen molar-refractivity contribution < 1.29 is 4.79 Å². The van der Waals surface area contributed by atoms with Gasteiger partial charge >= 0.3 is 0 Å². The summed E-state index contributed by atoms with van der Waals surface area (Å²) in [6.07, 6.45) is 0.421. The van der Waals surface area contributed by atoms with Gasteiger partial charge in [0.2, 0.25) is 5.91 Å². The third-order valence-corrected chi connectivity index (χ3v) is 4.76. The smallest absolute Gasteiger partial charge is 0.221 e. The van der Waals surface area contributed by atoms with Crippen molar-refractivity contribution in [1.82, 2.24) is 20.1 Å². The second-order valence-electron chi connectivity index (χ2n) is 6.80. The summed E-state index contributed by atoms with van der Waals surface area (Å²) in [4.78, 5) is 16.9. The summed E-state index contributed by atoms with van der Waals surface area (Å²) in [5.74, 6) is 1.70. The Hall–Kier alpha value is -2.95. The van der Waals surface area contributed by atoms with Crippen molar-refractivity contribution in [2.45, 2.75) is 39.7 Å². The molecule has 0 bridgehead atoms. The lowest BCUT2D eigenvalue weighted by Gasteiger charge is -2.20. The third-order valence-electron chi connectivity index (χ3n) is 4.76. The van der Waals surface area contributed by atoms with Gasteiger partial charge in [-0.1, -0.05) is 54.6 Å². The van der Waals surface area contributed by atoms with E-state index in [1.165, 1.54) is 11.1 Å². The van der Waals surface area contributed by atoms with Crippen molar-refractivity contribution in [2.75, 3.05) is 6.54 Å². The zero-order valence-corrected chi connectivity index (χ0v) is 16.1. The lowest BCUT2D eigenvalue weighted by atomic mass is 9.86. The van der Waals surface area contributed by atoms with Crippen molar-refractivity contribution >= 4 is 5.91 Å². The maximum Gasteiger partial charge on any atom is 0.221 e. The largest absolute Gasteiger partial charge is 0.354 e. The lowest BCUT2D eigenvalue weighted by molar-refractivity contribution is -0.121. The number of carbonyl (C=O) groups is 1. The van der Waals surface area contributed by atoms with Crippen LogP contribution in [0.3, 0.4) is 0 Å². The van der Waals surface area contributed by atoms with Crippen LogP contribution in [0.15, 0.2) is 54.6 Å². The van der Waals surface area contributed by atoms with E-state index in [1.54, 1.807) is 0 Å². The van der Waals surface area contributed by atoms with Gasteiger partial charge in [0.05, 0.1) is 6.54 Å². The molecule has 1 N–H and O–H groups in total. The van der Waals surface area contributed by atoms with E-state index >= 15 is 0 Å². The fraction of sp³-hybridized carbons (Fsp3) is 0.318. The topological polar surface area (TPSA) is 59.8 Å². The van der Waals surface area contributed by atoms with Crippen LogP contribution in [0.1, 0.15) is 40.7 Å². The number of hydrogen-bond acceptors (Lipinski definition) is 3. The van der Waals surface area contributed by atoms with Crippen LogP contribution in [-0.2, 0) is 11.3 Å². The Morgan fingerprint density at radius 1 is 1.04 bits per heavy atom. The van der Waals surface area contributed by atoms with Gasteiger partial charge in [-0.15, -0.1) is 0 Å². The molecule has 0 aliphatic rings. The number of rotatable bonds is 7. The summed E-state index contributed by atoms with van der Waals surface area (Å²) in [5, 5.41) is 7.36. The quantitative estimate of drug-likeness (QED) is 0.699. The van der Waals surface area contributed by atoms with Gasteiger partial charge in [-0.3, -0.25) is 4.79 Å². The Balaban J connectivity index is 1.68. The molecule has 0 aliphatic carbocycles. The van der Waals surface area contributed by atoms with Crippen molar-refractivity contribution in [1.29, 1.82) is 0 Å². The van der Waals surface area contributed by atoms with E-state index in [0.717, 1.165) is 17.2 Å². The van der Waals surface area contributed by atoms with Crippen LogP contribution in [-0.4, -0.2) is 27.2 Å². The van der Waals surface area contributed by atoms with Gasteiger partial charge in [-0.25, -0.2) is 9.67 Å². The molecular weight excluding hydrogens is 336 g/mol. The lowest BCUT2D eigenvalue weighted by Crippen LogP contribution is -2.29. The molecule has 3 rings (SSSR count). The van der Waals surface area contributed by atoms with Crippen molar-refractivity contribution in [2.24, 2.45) is 0 Å². The number of nitrogens with one attached hydrogen (secondary N) is 1. The number of benzene rings is 2. The molecule has 5 nitrogen and oxygen atoms in total. The van der Waals surface area contributed by atoms with Crippen LogP contribution >= 0.6 is 0 Å². The van der Waals surface area contributed by atoms with Crippen molar-refractivity contribution in [3.63, 3.8) is 0 Å². The van der Waals surface area contributed by atoms with E-state index < -0.39 is 0 Å². The van der Waals surface area contributed by atoms with Gasteiger partial charge in [0.1, 0.15) is 11.6 Å². The maximum atomic E-state index is 12.6. The Labute approximate surface area is 160 Å². The fourth-order valence-electron chi connectivity index (χ4n) is 3.40. The van der Waals surface area contributed by atoms with E-state index in [0.29, 0.717) is 19.5 Å². The normalized spacial score (nSPS) is 12.0. The number of aromatic nitrogens is 3. The Morgan fingerprint density at radius 2 is 1.74 bits per heavy atom. The predicted octanol–water partition coefficient (Wildman–Crippen LogP) is 3.54. The standard InChI is InChI=1S/C22H26N4O/c1-16-9-7-8-12-20(16)21(19-10-5-4-6-11-19)15-22(27)23-13-14-26-18(3)24-17(2)25-26/h4-12,21H,13-15H2,1-3H3,(H,23,27)/t21-/m1/s1. The van der Waals surface area contributed by atoms with Crippen molar-refractivity contribution in [3.8, 4) is 0 Å². The average molecular weight is 362 g/mol. The number of nitrogens with zero attached hydrogens (tertiary/aromatic N) is 3. The van der Waals surface area contributed by atoms with Gasteiger partial charge in [0.15, 0.2) is 0 Å². The zero-order valence-electron chi connectivity index (χ0n) is 16.1. The molecule has 2 aromatic carbocycles. The molecule has 0 saturated carbocycles. The average Bonchev–Trinajstić information content (AvgIpc) is 2.98. The first-order valence-corrected chi connectivity index (χ1v) is 9.30. The molecule has 0 saturated heterocycles. The SMILES string of the molecule is Cc1nc(C)n(CCNC(=O)C[C@H](c2ccccc2)c2ccccc2C)n1. The highest BCUT2D eigenvalue weighted by atomic mass is 16.1. The van der Waals surface area contributed by atoms with Crippen LogP contribution in [0.5, 0.6) is 0 Å². The van der Waals surface area contributed by atoms with E-state index in [9.17, 15) is 4.79 Å². The molecule has 27 heavy (non-hydrogen) atoms. The summed E-state index contributed by atoms with van der Waals surface area (Å²) < 4.78 is 1.83. The molecule has 1 aromatic heterocycles. The van der Waals surface area contributed by atoms with E-state index in [2.05, 4.69) is 46.6 Å². The van der Waals surface area contributed by atoms with E-state index in [1.807, 2.05) is 48.9 Å². The number of aryl methyl sites for hydroxylation is 3. The van der Waals surface area contributed by atoms with Crippen LogP contribution < -0.4 is 5.32 Å². The molecule has 0 unspecified atom stereocenters. The summed E-state index contributed by atoms with van der Waals surface area (Å²) >= 11 is 0. The second kappa shape index (κ2) is 8.62. The van der Waals surface area contributed by atoms with E-state index in [-0.39, 0.29) is 11.8 Å². The molecular formula is C22H26N4O. The highest BCUT2D eigenvalue weighted by molar-refractivity contribution is 5.77. The van der Waals surface area contributed by atoms with Gasteiger partial charge in [0, 0.05) is 18.9 Å². The molecule has 0 radical (unpaired) electrons. The molecule has 5 heteroatoms. The maximum absolute atomic E-state index is 12.6. The van der Waals surface area contributed by atoms with Crippen LogP contribution in [0.4, 0.5) is 0 Å². The number of carbonyl (C=O) groups excluding carboxylic acids is 1. The monoisotopic (exact) mass is 362 g/mol. The van der Waals surface area contributed by atoms with Crippen LogP contribution in [0.25, 0.3) is 0 Å². The molecule has 1 atom stereocenters. The molecule has 0 spiro atoms. The minimum absolute atomic E-state index is 0.0431. The van der Waals surface area contributed by atoms with E-state index in [4.69, 9.17) is 0 Å². The molecule has 0 aliphatic heterocycles.